The predicted octanol–water partition coefficient (Wildman–Crippen LogP) is 2.29. The average Bonchev–Trinajstić information content (AvgIpc) is 3.13. The van der Waals surface area contributed by atoms with Crippen LogP contribution >= 0.6 is 11.3 Å². The van der Waals surface area contributed by atoms with Crippen molar-refractivity contribution in [2.45, 2.75) is 31.9 Å². The second kappa shape index (κ2) is 7.13. The largest absolute Gasteiger partial charge is 0.376 e. The van der Waals surface area contributed by atoms with E-state index in [2.05, 4.69) is 31.9 Å². The summed E-state index contributed by atoms with van der Waals surface area (Å²) < 4.78 is 5.66. The van der Waals surface area contributed by atoms with Crippen LogP contribution in [-0.2, 0) is 4.74 Å². The fraction of sp³-hybridized carbons (Fsp3) is 0.588. The number of piperidine rings is 1. The summed E-state index contributed by atoms with van der Waals surface area (Å²) in [4.78, 5) is 9.33. The van der Waals surface area contributed by atoms with Crippen LogP contribution in [0, 0.1) is 0 Å². The maximum absolute atomic E-state index is 5.66. The molecule has 0 spiro atoms. The van der Waals surface area contributed by atoms with Crippen LogP contribution in [0.15, 0.2) is 24.4 Å². The number of pyridine rings is 1. The molecule has 0 bridgehead atoms. The third-order valence-corrected chi connectivity index (χ3v) is 5.83. The molecular formula is C17H23N5OS. The molecule has 2 fully saturated rings. The van der Waals surface area contributed by atoms with Gasteiger partial charge < -0.3 is 9.64 Å². The predicted molar refractivity (Wildman–Crippen MR) is 95.4 cm³/mol. The highest BCUT2D eigenvalue weighted by Gasteiger charge is 2.29. The van der Waals surface area contributed by atoms with Crippen LogP contribution in [0.4, 0.5) is 5.13 Å². The molecule has 0 aromatic carbocycles. The molecule has 2 aliphatic heterocycles. The van der Waals surface area contributed by atoms with E-state index in [4.69, 9.17) is 4.74 Å². The van der Waals surface area contributed by atoms with Gasteiger partial charge in [-0.1, -0.05) is 17.4 Å². The van der Waals surface area contributed by atoms with Crippen LogP contribution in [-0.4, -0.2) is 65.0 Å². The summed E-state index contributed by atoms with van der Waals surface area (Å²) in [6.45, 7) is 7.26. The van der Waals surface area contributed by atoms with E-state index in [-0.39, 0.29) is 0 Å². The normalized spacial score (nSPS) is 23.5. The SMILES string of the molecule is CC1CN(C2CCN(c3nnc(-c4ccccn4)s3)CC2)CCO1. The van der Waals surface area contributed by atoms with E-state index in [0.29, 0.717) is 12.1 Å². The first-order valence-corrected chi connectivity index (χ1v) is 9.47. The number of hydrogen-bond donors (Lipinski definition) is 0. The van der Waals surface area contributed by atoms with Crippen LogP contribution in [0.5, 0.6) is 0 Å². The number of nitrogens with zero attached hydrogens (tertiary/aromatic N) is 5. The maximum atomic E-state index is 5.66. The molecule has 2 aromatic heterocycles. The summed E-state index contributed by atoms with van der Waals surface area (Å²) in [6, 6.07) is 6.56. The Labute approximate surface area is 146 Å². The van der Waals surface area contributed by atoms with Gasteiger partial charge in [0.05, 0.1) is 12.7 Å². The summed E-state index contributed by atoms with van der Waals surface area (Å²) >= 11 is 1.64. The molecule has 0 amide bonds. The van der Waals surface area contributed by atoms with Gasteiger partial charge >= 0.3 is 0 Å². The number of hydrogen-bond acceptors (Lipinski definition) is 7. The smallest absolute Gasteiger partial charge is 0.208 e. The lowest BCUT2D eigenvalue weighted by molar-refractivity contribution is -0.0373. The van der Waals surface area contributed by atoms with E-state index < -0.39 is 0 Å². The van der Waals surface area contributed by atoms with E-state index in [1.54, 1.807) is 17.5 Å². The van der Waals surface area contributed by atoms with Crippen molar-refractivity contribution in [2.24, 2.45) is 0 Å². The molecule has 6 nitrogen and oxygen atoms in total. The van der Waals surface area contributed by atoms with Gasteiger partial charge in [0.1, 0.15) is 5.69 Å². The highest BCUT2D eigenvalue weighted by molar-refractivity contribution is 7.18. The van der Waals surface area contributed by atoms with Gasteiger partial charge in [0.2, 0.25) is 5.13 Å². The van der Waals surface area contributed by atoms with Crippen molar-refractivity contribution in [3.63, 3.8) is 0 Å². The standard InChI is InChI=1S/C17H23N5OS/c1-13-12-22(10-11-23-13)14-5-8-21(9-6-14)17-20-19-16(24-17)15-4-2-3-7-18-15/h2-4,7,13-14H,5-6,8-12H2,1H3. The van der Waals surface area contributed by atoms with Crippen molar-refractivity contribution in [2.75, 3.05) is 37.7 Å². The highest BCUT2D eigenvalue weighted by Crippen LogP contribution is 2.30. The van der Waals surface area contributed by atoms with Crippen LogP contribution in [0.3, 0.4) is 0 Å². The molecule has 2 aliphatic rings. The van der Waals surface area contributed by atoms with Crippen molar-refractivity contribution < 1.29 is 4.74 Å². The summed E-state index contributed by atoms with van der Waals surface area (Å²) in [6.07, 6.45) is 4.53. The zero-order valence-electron chi connectivity index (χ0n) is 14.0. The monoisotopic (exact) mass is 345 g/mol. The van der Waals surface area contributed by atoms with Gasteiger partial charge in [-0.25, -0.2) is 0 Å². The minimum Gasteiger partial charge on any atom is -0.376 e. The van der Waals surface area contributed by atoms with E-state index in [1.165, 1.54) is 12.8 Å². The summed E-state index contributed by atoms with van der Waals surface area (Å²) in [5.41, 5.74) is 0.901. The molecule has 1 unspecified atom stereocenters. The number of morpholine rings is 1. The third-order valence-electron chi connectivity index (χ3n) is 4.82. The zero-order valence-corrected chi connectivity index (χ0v) is 14.8. The Morgan fingerprint density at radius 1 is 1.17 bits per heavy atom. The minimum absolute atomic E-state index is 0.362. The number of anilines is 1. The quantitative estimate of drug-likeness (QED) is 0.851. The van der Waals surface area contributed by atoms with Crippen molar-refractivity contribution >= 4 is 16.5 Å². The van der Waals surface area contributed by atoms with Gasteiger partial charge in [-0.3, -0.25) is 9.88 Å². The molecule has 0 N–H and O–H groups in total. The molecular weight excluding hydrogens is 322 g/mol. The van der Waals surface area contributed by atoms with Crippen LogP contribution in [0.25, 0.3) is 10.7 Å². The third kappa shape index (κ3) is 3.43. The number of aromatic nitrogens is 3. The van der Waals surface area contributed by atoms with Crippen LogP contribution < -0.4 is 4.90 Å². The van der Waals surface area contributed by atoms with Crippen LogP contribution in [0.2, 0.25) is 0 Å². The first kappa shape index (κ1) is 15.9. The lowest BCUT2D eigenvalue weighted by Gasteiger charge is -2.41. The summed E-state index contributed by atoms with van der Waals surface area (Å²) in [5, 5.41) is 10.6. The van der Waals surface area contributed by atoms with Crippen molar-refractivity contribution in [3.8, 4) is 10.7 Å². The molecule has 1 atom stereocenters. The van der Waals surface area contributed by atoms with Crippen LogP contribution in [0.1, 0.15) is 19.8 Å². The maximum Gasteiger partial charge on any atom is 0.208 e. The Kier molecular flexibility index (Phi) is 4.73. The Hall–Kier alpha value is -1.57. The molecule has 128 valence electrons. The van der Waals surface area contributed by atoms with E-state index in [1.807, 2.05) is 18.2 Å². The van der Waals surface area contributed by atoms with Crippen molar-refractivity contribution in [1.29, 1.82) is 0 Å². The van der Waals surface area contributed by atoms with E-state index in [0.717, 1.165) is 48.6 Å². The first-order chi connectivity index (χ1) is 11.8. The molecule has 24 heavy (non-hydrogen) atoms. The Morgan fingerprint density at radius 2 is 2.04 bits per heavy atom. The second-order valence-corrected chi connectivity index (χ2v) is 7.46. The first-order valence-electron chi connectivity index (χ1n) is 8.65. The molecule has 4 rings (SSSR count). The van der Waals surface area contributed by atoms with Gasteiger partial charge in [-0.05, 0) is 31.9 Å². The topological polar surface area (TPSA) is 54.4 Å². The van der Waals surface area contributed by atoms with E-state index >= 15 is 0 Å². The van der Waals surface area contributed by atoms with Gasteiger partial charge in [-0.2, -0.15) is 0 Å². The Bertz CT molecular complexity index is 656. The zero-order chi connectivity index (χ0) is 16.4. The lowest BCUT2D eigenvalue weighted by Crippen LogP contribution is -2.51. The van der Waals surface area contributed by atoms with E-state index in [9.17, 15) is 0 Å². The number of ether oxygens (including phenoxy) is 1. The minimum atomic E-state index is 0.362. The molecule has 4 heterocycles. The van der Waals surface area contributed by atoms with Gasteiger partial charge in [0.15, 0.2) is 5.01 Å². The molecule has 2 saturated heterocycles. The van der Waals surface area contributed by atoms with Crippen molar-refractivity contribution in [3.05, 3.63) is 24.4 Å². The summed E-state index contributed by atoms with van der Waals surface area (Å²) in [7, 11) is 0. The fourth-order valence-electron chi connectivity index (χ4n) is 3.54. The van der Waals surface area contributed by atoms with Gasteiger partial charge in [0, 0.05) is 38.4 Å². The Balaban J connectivity index is 1.37. The van der Waals surface area contributed by atoms with Crippen molar-refractivity contribution in [1.82, 2.24) is 20.1 Å². The molecule has 0 saturated carbocycles. The Morgan fingerprint density at radius 3 is 2.79 bits per heavy atom. The molecule has 0 aliphatic carbocycles. The average molecular weight is 345 g/mol. The highest BCUT2D eigenvalue weighted by atomic mass is 32.1. The van der Waals surface area contributed by atoms with Gasteiger partial charge in [0.25, 0.3) is 0 Å². The molecule has 2 aromatic rings. The fourth-order valence-corrected chi connectivity index (χ4v) is 4.41. The van der Waals surface area contributed by atoms with Gasteiger partial charge in [-0.15, -0.1) is 10.2 Å². The molecule has 0 radical (unpaired) electrons. The lowest BCUT2D eigenvalue weighted by atomic mass is 10.0. The number of rotatable bonds is 3. The second-order valence-electron chi connectivity index (χ2n) is 6.50. The summed E-state index contributed by atoms with van der Waals surface area (Å²) in [5.74, 6) is 0. The molecule has 7 heteroatoms.